The molecule has 0 aliphatic carbocycles. The second-order valence-electron chi connectivity index (χ2n) is 4.42. The number of nitriles is 1. The van der Waals surface area contributed by atoms with Crippen LogP contribution in [0.5, 0.6) is 0 Å². The fourth-order valence-electron chi connectivity index (χ4n) is 1.75. The molecule has 1 aromatic carbocycles. The molecule has 0 radical (unpaired) electrons. The number of hydrogen-bond donors (Lipinski definition) is 2. The van der Waals surface area contributed by atoms with Crippen LogP contribution >= 0.6 is 0 Å². The van der Waals surface area contributed by atoms with Crippen LogP contribution in [-0.4, -0.2) is 16.5 Å². The van der Waals surface area contributed by atoms with Crippen LogP contribution in [0.3, 0.4) is 0 Å². The molecule has 0 unspecified atom stereocenters. The first-order valence-electron chi connectivity index (χ1n) is 6.53. The molecule has 0 spiro atoms. The molecule has 1 aromatic heterocycles. The Hall–Kier alpha value is -2.61. The molecule has 0 amide bonds. The molecule has 2 rings (SSSR count). The van der Waals surface area contributed by atoms with Gasteiger partial charge < -0.3 is 10.6 Å². The molecule has 0 atom stereocenters. The number of rotatable bonds is 5. The predicted octanol–water partition coefficient (Wildman–Crippen LogP) is 2.70. The molecule has 0 aliphatic rings. The fourth-order valence-corrected chi connectivity index (χ4v) is 1.75. The number of nitrogens with zero attached hydrogens (tertiary/aromatic N) is 3. The molecular weight excluding hydrogens is 250 g/mol. The van der Waals surface area contributed by atoms with E-state index >= 15 is 0 Å². The Morgan fingerprint density at radius 2 is 1.95 bits per heavy atom. The fraction of sp³-hybridized carbons (Fsp3) is 0.267. The summed E-state index contributed by atoms with van der Waals surface area (Å²) in [5.74, 6) is 1.45. The lowest BCUT2D eigenvalue weighted by atomic mass is 10.1. The van der Waals surface area contributed by atoms with E-state index in [1.807, 2.05) is 38.1 Å². The SMILES string of the molecule is CCNc1ncc(C)c(NCc2ccc(C#N)cc2)n1. The highest BCUT2D eigenvalue weighted by Crippen LogP contribution is 2.14. The van der Waals surface area contributed by atoms with Crippen molar-refractivity contribution in [1.29, 1.82) is 5.26 Å². The Balaban J connectivity index is 2.05. The molecule has 2 N–H and O–H groups in total. The van der Waals surface area contributed by atoms with Crippen molar-refractivity contribution >= 4 is 11.8 Å². The van der Waals surface area contributed by atoms with Crippen molar-refractivity contribution in [3.63, 3.8) is 0 Å². The second kappa shape index (κ2) is 6.53. The largest absolute Gasteiger partial charge is 0.366 e. The van der Waals surface area contributed by atoms with Crippen molar-refractivity contribution in [2.75, 3.05) is 17.2 Å². The summed E-state index contributed by atoms with van der Waals surface area (Å²) in [4.78, 5) is 8.63. The van der Waals surface area contributed by atoms with Gasteiger partial charge in [0, 0.05) is 24.8 Å². The van der Waals surface area contributed by atoms with Crippen LogP contribution in [0.15, 0.2) is 30.5 Å². The lowest BCUT2D eigenvalue weighted by Crippen LogP contribution is -2.08. The quantitative estimate of drug-likeness (QED) is 0.871. The topological polar surface area (TPSA) is 73.6 Å². The molecule has 0 bridgehead atoms. The van der Waals surface area contributed by atoms with E-state index in [0.717, 1.165) is 23.5 Å². The first kappa shape index (κ1) is 13.8. The molecular formula is C15H17N5. The number of hydrogen-bond acceptors (Lipinski definition) is 5. The van der Waals surface area contributed by atoms with Crippen LogP contribution in [0, 0.1) is 18.3 Å². The molecule has 0 aliphatic heterocycles. The Kier molecular flexibility index (Phi) is 4.51. The standard InChI is InChI=1S/C15H17N5/c1-3-17-15-19-9-11(2)14(20-15)18-10-13-6-4-12(8-16)5-7-13/h4-7,9H,3,10H2,1-2H3,(H2,17,18,19,20). The number of benzene rings is 1. The van der Waals surface area contributed by atoms with Gasteiger partial charge in [-0.25, -0.2) is 4.98 Å². The van der Waals surface area contributed by atoms with Gasteiger partial charge in [0.05, 0.1) is 11.6 Å². The lowest BCUT2D eigenvalue weighted by Gasteiger charge is -2.10. The van der Waals surface area contributed by atoms with E-state index in [2.05, 4.69) is 26.7 Å². The van der Waals surface area contributed by atoms with E-state index in [4.69, 9.17) is 5.26 Å². The summed E-state index contributed by atoms with van der Waals surface area (Å²) in [6.45, 7) is 5.43. The van der Waals surface area contributed by atoms with E-state index in [9.17, 15) is 0 Å². The van der Waals surface area contributed by atoms with E-state index in [0.29, 0.717) is 18.1 Å². The Morgan fingerprint density at radius 3 is 2.60 bits per heavy atom. The van der Waals surface area contributed by atoms with Gasteiger partial charge >= 0.3 is 0 Å². The monoisotopic (exact) mass is 267 g/mol. The summed E-state index contributed by atoms with van der Waals surface area (Å²) < 4.78 is 0. The Bertz CT molecular complexity index is 613. The van der Waals surface area contributed by atoms with Gasteiger partial charge in [0.1, 0.15) is 5.82 Å². The first-order valence-corrected chi connectivity index (χ1v) is 6.53. The van der Waals surface area contributed by atoms with Gasteiger partial charge in [0.25, 0.3) is 0 Å². The molecule has 0 saturated carbocycles. The molecule has 0 saturated heterocycles. The van der Waals surface area contributed by atoms with Crippen molar-refractivity contribution < 1.29 is 0 Å². The lowest BCUT2D eigenvalue weighted by molar-refractivity contribution is 1.03. The van der Waals surface area contributed by atoms with Gasteiger partial charge in [-0.3, -0.25) is 0 Å². The zero-order chi connectivity index (χ0) is 14.4. The number of nitrogens with one attached hydrogen (secondary N) is 2. The number of aryl methyl sites for hydroxylation is 1. The minimum Gasteiger partial charge on any atom is -0.366 e. The van der Waals surface area contributed by atoms with Crippen LogP contribution in [0.1, 0.15) is 23.6 Å². The van der Waals surface area contributed by atoms with Gasteiger partial charge in [-0.15, -0.1) is 0 Å². The minimum atomic E-state index is 0.625. The molecule has 102 valence electrons. The van der Waals surface area contributed by atoms with Gasteiger partial charge in [-0.05, 0) is 31.5 Å². The van der Waals surface area contributed by atoms with Gasteiger partial charge in [0.2, 0.25) is 5.95 Å². The first-order chi connectivity index (χ1) is 9.72. The molecule has 5 heteroatoms. The Labute approximate surface area is 118 Å². The van der Waals surface area contributed by atoms with Gasteiger partial charge in [-0.1, -0.05) is 12.1 Å². The summed E-state index contributed by atoms with van der Waals surface area (Å²) in [5, 5.41) is 15.1. The second-order valence-corrected chi connectivity index (χ2v) is 4.42. The average molecular weight is 267 g/mol. The zero-order valence-corrected chi connectivity index (χ0v) is 11.6. The normalized spacial score (nSPS) is 9.85. The van der Waals surface area contributed by atoms with Gasteiger partial charge in [0.15, 0.2) is 0 Å². The van der Waals surface area contributed by atoms with Crippen LogP contribution in [0.4, 0.5) is 11.8 Å². The number of anilines is 2. The highest BCUT2D eigenvalue weighted by molar-refractivity contribution is 5.47. The summed E-state index contributed by atoms with van der Waals surface area (Å²) in [6, 6.07) is 9.61. The van der Waals surface area contributed by atoms with E-state index in [1.165, 1.54) is 0 Å². The van der Waals surface area contributed by atoms with Crippen molar-refractivity contribution in [2.45, 2.75) is 20.4 Å². The molecule has 0 fully saturated rings. The molecule has 2 aromatic rings. The summed E-state index contributed by atoms with van der Waals surface area (Å²) in [5.41, 5.74) is 2.77. The summed E-state index contributed by atoms with van der Waals surface area (Å²) in [7, 11) is 0. The van der Waals surface area contributed by atoms with E-state index in [1.54, 1.807) is 6.20 Å². The highest BCUT2D eigenvalue weighted by atomic mass is 15.1. The maximum absolute atomic E-state index is 8.76. The highest BCUT2D eigenvalue weighted by Gasteiger charge is 2.03. The predicted molar refractivity (Wildman–Crippen MR) is 79.4 cm³/mol. The zero-order valence-electron chi connectivity index (χ0n) is 11.6. The van der Waals surface area contributed by atoms with Gasteiger partial charge in [-0.2, -0.15) is 10.2 Å². The molecule has 1 heterocycles. The van der Waals surface area contributed by atoms with Crippen LogP contribution in [0.2, 0.25) is 0 Å². The maximum atomic E-state index is 8.76. The van der Waals surface area contributed by atoms with Crippen molar-refractivity contribution in [3.8, 4) is 6.07 Å². The van der Waals surface area contributed by atoms with Crippen molar-refractivity contribution in [2.24, 2.45) is 0 Å². The third kappa shape index (κ3) is 3.45. The maximum Gasteiger partial charge on any atom is 0.224 e. The van der Waals surface area contributed by atoms with Crippen molar-refractivity contribution in [3.05, 3.63) is 47.2 Å². The summed E-state index contributed by atoms with van der Waals surface area (Å²) in [6.07, 6.45) is 1.80. The smallest absolute Gasteiger partial charge is 0.224 e. The summed E-state index contributed by atoms with van der Waals surface area (Å²) >= 11 is 0. The number of aromatic nitrogens is 2. The van der Waals surface area contributed by atoms with Crippen LogP contribution < -0.4 is 10.6 Å². The van der Waals surface area contributed by atoms with E-state index in [-0.39, 0.29) is 0 Å². The Morgan fingerprint density at radius 1 is 1.20 bits per heavy atom. The van der Waals surface area contributed by atoms with Crippen molar-refractivity contribution in [1.82, 2.24) is 9.97 Å². The third-order valence-electron chi connectivity index (χ3n) is 2.85. The van der Waals surface area contributed by atoms with Crippen LogP contribution in [-0.2, 0) is 6.54 Å². The molecule has 5 nitrogen and oxygen atoms in total. The average Bonchev–Trinajstić information content (AvgIpc) is 2.48. The van der Waals surface area contributed by atoms with E-state index < -0.39 is 0 Å². The minimum absolute atomic E-state index is 0.625. The third-order valence-corrected chi connectivity index (χ3v) is 2.85. The van der Waals surface area contributed by atoms with Crippen LogP contribution in [0.25, 0.3) is 0 Å². The molecule has 20 heavy (non-hydrogen) atoms.